The van der Waals surface area contributed by atoms with Gasteiger partial charge in [0.2, 0.25) is 0 Å². The maximum absolute atomic E-state index is 12.5. The Hall–Kier alpha value is -0.775. The fraction of sp³-hybridized carbons (Fsp3) is 0. The highest BCUT2D eigenvalue weighted by molar-refractivity contribution is 6.34. The van der Waals surface area contributed by atoms with Crippen LogP contribution in [0.4, 0.5) is 4.39 Å². The van der Waals surface area contributed by atoms with Crippen molar-refractivity contribution in [1.29, 1.82) is 0 Å². The topological polar surface area (TPSA) is 49.7 Å². The Kier molecular flexibility index (Phi) is 2.91. The van der Waals surface area contributed by atoms with Gasteiger partial charge in [-0.2, -0.15) is 0 Å². The monoisotopic (exact) mass is 190 g/mol. The molecule has 3 nitrogen and oxygen atoms in total. The van der Waals surface area contributed by atoms with Crippen LogP contribution < -0.4 is 4.65 Å². The van der Waals surface area contributed by atoms with Crippen LogP contribution in [0.3, 0.4) is 0 Å². The van der Waals surface area contributed by atoms with Gasteiger partial charge in [-0.15, -0.1) is 0 Å². The van der Waals surface area contributed by atoms with Crippen molar-refractivity contribution >= 4 is 18.9 Å². The highest BCUT2D eigenvalue weighted by Crippen LogP contribution is 2.20. The van der Waals surface area contributed by atoms with Gasteiger partial charge in [0.25, 0.3) is 0 Å². The average molecular weight is 190 g/mol. The van der Waals surface area contributed by atoms with Crippen LogP contribution in [0.25, 0.3) is 0 Å². The highest BCUT2D eigenvalue weighted by Gasteiger charge is 2.11. The smallest absolute Gasteiger partial charge is 0.512 e. The lowest BCUT2D eigenvalue weighted by molar-refractivity contribution is 0.288. The molecule has 0 spiro atoms. The van der Waals surface area contributed by atoms with Gasteiger partial charge in [-0.25, -0.2) is 4.39 Å². The number of benzene rings is 1. The first-order valence-corrected chi connectivity index (χ1v) is 3.45. The van der Waals surface area contributed by atoms with E-state index in [0.717, 1.165) is 12.1 Å². The largest absolute Gasteiger partial charge is 0.707 e. The minimum Gasteiger partial charge on any atom is -0.512 e. The van der Waals surface area contributed by atoms with E-state index in [4.69, 9.17) is 21.6 Å². The second kappa shape index (κ2) is 3.75. The lowest BCUT2D eigenvalue weighted by atomic mass is 10.2. The maximum atomic E-state index is 12.5. The number of hydrogen-bond acceptors (Lipinski definition) is 3. The molecule has 0 aliphatic rings. The third-order valence-corrected chi connectivity index (χ3v) is 1.42. The summed E-state index contributed by atoms with van der Waals surface area (Å²) in [5.41, 5.74) is 0. The number of hydrogen-bond donors (Lipinski definition) is 2. The molecule has 2 N–H and O–H groups in total. The normalized spacial score (nSPS) is 9.67. The zero-order chi connectivity index (χ0) is 9.14. The van der Waals surface area contributed by atoms with Gasteiger partial charge in [0.15, 0.2) is 0 Å². The van der Waals surface area contributed by atoms with E-state index in [2.05, 4.69) is 4.65 Å². The summed E-state index contributed by atoms with van der Waals surface area (Å²) >= 11 is 5.38. The molecular formula is C6H5BClFO3. The van der Waals surface area contributed by atoms with Crippen molar-refractivity contribution in [2.75, 3.05) is 0 Å². The van der Waals surface area contributed by atoms with Crippen LogP contribution in [0.15, 0.2) is 18.2 Å². The molecule has 0 aliphatic carbocycles. The van der Waals surface area contributed by atoms with E-state index in [1.54, 1.807) is 0 Å². The summed E-state index contributed by atoms with van der Waals surface area (Å²) in [6.45, 7) is 0. The predicted molar refractivity (Wildman–Crippen MR) is 42.2 cm³/mol. The fourth-order valence-electron chi connectivity index (χ4n) is 0.672. The Morgan fingerprint density at radius 1 is 1.42 bits per heavy atom. The molecule has 0 saturated heterocycles. The molecular weight excluding hydrogens is 185 g/mol. The van der Waals surface area contributed by atoms with Gasteiger partial charge < -0.3 is 14.7 Å². The summed E-state index contributed by atoms with van der Waals surface area (Å²) in [7, 11) is -1.92. The molecule has 64 valence electrons. The van der Waals surface area contributed by atoms with Gasteiger partial charge in [0, 0.05) is 6.07 Å². The lowest BCUT2D eigenvalue weighted by Crippen LogP contribution is -2.20. The SMILES string of the molecule is OB(O)Oc1ccc(F)c(Cl)c1. The molecule has 0 bridgehead atoms. The van der Waals surface area contributed by atoms with Crippen molar-refractivity contribution < 1.29 is 19.1 Å². The van der Waals surface area contributed by atoms with Crippen LogP contribution in [0.1, 0.15) is 0 Å². The maximum Gasteiger partial charge on any atom is 0.707 e. The molecule has 0 aliphatic heterocycles. The van der Waals surface area contributed by atoms with E-state index < -0.39 is 13.1 Å². The van der Waals surface area contributed by atoms with Crippen molar-refractivity contribution in [1.82, 2.24) is 0 Å². The summed E-state index contributed by atoms with van der Waals surface area (Å²) in [5.74, 6) is -0.493. The zero-order valence-corrected chi connectivity index (χ0v) is 6.62. The van der Waals surface area contributed by atoms with Crippen LogP contribution in [-0.4, -0.2) is 17.4 Å². The first kappa shape index (κ1) is 9.31. The van der Waals surface area contributed by atoms with Crippen molar-refractivity contribution in [3.63, 3.8) is 0 Å². The minimum absolute atomic E-state index is 0.0939. The molecule has 0 atom stereocenters. The van der Waals surface area contributed by atoms with Crippen molar-refractivity contribution in [2.45, 2.75) is 0 Å². The van der Waals surface area contributed by atoms with E-state index in [-0.39, 0.29) is 10.8 Å². The fourth-order valence-corrected chi connectivity index (χ4v) is 0.842. The van der Waals surface area contributed by atoms with Gasteiger partial charge >= 0.3 is 7.32 Å². The van der Waals surface area contributed by atoms with Crippen LogP contribution >= 0.6 is 11.6 Å². The van der Waals surface area contributed by atoms with E-state index in [1.165, 1.54) is 6.07 Å². The van der Waals surface area contributed by atoms with E-state index >= 15 is 0 Å². The van der Waals surface area contributed by atoms with Gasteiger partial charge in [-0.3, -0.25) is 0 Å². The second-order valence-corrected chi connectivity index (χ2v) is 2.43. The zero-order valence-electron chi connectivity index (χ0n) is 5.87. The van der Waals surface area contributed by atoms with Crippen molar-refractivity contribution in [3.05, 3.63) is 29.0 Å². The first-order valence-electron chi connectivity index (χ1n) is 3.07. The molecule has 12 heavy (non-hydrogen) atoms. The predicted octanol–water partition coefficient (Wildman–Crippen LogP) is 0.827. The van der Waals surface area contributed by atoms with E-state index in [1.807, 2.05) is 0 Å². The molecule has 1 rings (SSSR count). The Morgan fingerprint density at radius 3 is 2.58 bits per heavy atom. The van der Waals surface area contributed by atoms with E-state index in [9.17, 15) is 4.39 Å². The molecule has 1 aromatic carbocycles. The lowest BCUT2D eigenvalue weighted by Gasteiger charge is -2.04. The van der Waals surface area contributed by atoms with Crippen molar-refractivity contribution in [2.24, 2.45) is 0 Å². The molecule has 0 unspecified atom stereocenters. The Bertz CT molecular complexity index is 281. The van der Waals surface area contributed by atoms with Gasteiger partial charge in [-0.05, 0) is 12.1 Å². The number of halogens is 2. The Labute approximate surface area is 73.5 Å². The van der Waals surface area contributed by atoms with Gasteiger partial charge in [0.05, 0.1) is 5.02 Å². The molecule has 1 aromatic rings. The third-order valence-electron chi connectivity index (χ3n) is 1.13. The van der Waals surface area contributed by atoms with Crippen LogP contribution in [0, 0.1) is 5.82 Å². The molecule has 0 fully saturated rings. The molecule has 0 amide bonds. The van der Waals surface area contributed by atoms with Crippen LogP contribution in [0.5, 0.6) is 5.75 Å². The van der Waals surface area contributed by atoms with Gasteiger partial charge in [-0.1, -0.05) is 11.6 Å². The summed E-state index contributed by atoms with van der Waals surface area (Å²) in [6.07, 6.45) is 0. The van der Waals surface area contributed by atoms with Crippen LogP contribution in [-0.2, 0) is 0 Å². The summed E-state index contributed by atoms with van der Waals surface area (Å²) in [6, 6.07) is 3.46. The first-order chi connectivity index (χ1) is 5.59. The molecule has 0 aromatic heterocycles. The van der Waals surface area contributed by atoms with Crippen LogP contribution in [0.2, 0.25) is 5.02 Å². The highest BCUT2D eigenvalue weighted by atomic mass is 35.5. The molecule has 0 saturated carbocycles. The summed E-state index contributed by atoms with van der Waals surface area (Å²) < 4.78 is 16.9. The standard InChI is InChI=1S/C6H5BClFO3/c8-5-3-4(12-7(10)11)1-2-6(5)9/h1-3,10-11H. The van der Waals surface area contributed by atoms with Gasteiger partial charge in [0.1, 0.15) is 11.6 Å². The average Bonchev–Trinajstić information content (AvgIpc) is 1.96. The Balaban J connectivity index is 2.82. The number of rotatable bonds is 2. The molecule has 0 heterocycles. The summed E-state index contributed by atoms with van der Waals surface area (Å²) in [4.78, 5) is 0. The molecule has 0 radical (unpaired) electrons. The summed E-state index contributed by atoms with van der Waals surface area (Å²) in [5, 5.41) is 16.6. The third kappa shape index (κ3) is 2.37. The molecule has 6 heteroatoms. The Morgan fingerprint density at radius 2 is 2.08 bits per heavy atom. The van der Waals surface area contributed by atoms with E-state index in [0.29, 0.717) is 0 Å². The van der Waals surface area contributed by atoms with Crippen molar-refractivity contribution in [3.8, 4) is 5.75 Å². The quantitative estimate of drug-likeness (QED) is 0.679. The second-order valence-electron chi connectivity index (χ2n) is 2.02. The minimum atomic E-state index is -1.92.